The number of amides is 2. The minimum atomic E-state index is -1.10. The number of anilines is 1. The largest absolute Gasteiger partial charge is 0.478 e. The van der Waals surface area contributed by atoms with Crippen molar-refractivity contribution in [2.24, 2.45) is 0 Å². The summed E-state index contributed by atoms with van der Waals surface area (Å²) in [4.78, 5) is 49.7. The first-order valence-corrected chi connectivity index (χ1v) is 9.21. The second-order valence-corrected chi connectivity index (χ2v) is 7.45. The quantitative estimate of drug-likeness (QED) is 0.618. The lowest BCUT2D eigenvalue weighted by Gasteiger charge is -2.14. The number of thioether (sulfide) groups is 1. The van der Waals surface area contributed by atoms with Crippen LogP contribution in [0.2, 0.25) is 0 Å². The van der Waals surface area contributed by atoms with Crippen LogP contribution in [-0.4, -0.2) is 41.2 Å². The smallest absolute Gasteiger partial charge is 0.340 e. The highest BCUT2D eigenvalue weighted by molar-refractivity contribution is 8.00. The lowest BCUT2D eigenvalue weighted by molar-refractivity contribution is -0.121. The number of nitrogens with zero attached hydrogens (tertiary/aromatic N) is 1. The van der Waals surface area contributed by atoms with Crippen LogP contribution in [0.4, 0.5) is 5.00 Å². The van der Waals surface area contributed by atoms with E-state index in [9.17, 15) is 24.3 Å². The molecule has 0 radical (unpaired) electrons. The molecule has 1 N–H and O–H groups in total. The van der Waals surface area contributed by atoms with Crippen LogP contribution in [0.15, 0.2) is 40.6 Å². The predicted molar refractivity (Wildman–Crippen MR) is 95.8 cm³/mol. The van der Waals surface area contributed by atoms with Crippen LogP contribution in [0.1, 0.15) is 27.1 Å². The van der Waals surface area contributed by atoms with E-state index < -0.39 is 29.0 Å². The summed E-state index contributed by atoms with van der Waals surface area (Å²) in [6.45, 7) is 0. The molecule has 7 nitrogen and oxygen atoms in total. The molecular weight excluding hydrogens is 378 g/mol. The summed E-state index contributed by atoms with van der Waals surface area (Å²) in [6, 6.07) is 7.79. The van der Waals surface area contributed by atoms with Crippen LogP contribution < -0.4 is 4.90 Å². The van der Waals surface area contributed by atoms with E-state index in [0.29, 0.717) is 4.90 Å². The lowest BCUT2D eigenvalue weighted by Crippen LogP contribution is -2.31. The molecule has 3 rings (SSSR count). The van der Waals surface area contributed by atoms with E-state index in [0.717, 1.165) is 28.0 Å². The number of aromatic carboxylic acids is 1. The van der Waals surface area contributed by atoms with Gasteiger partial charge in [0.1, 0.15) is 5.00 Å². The van der Waals surface area contributed by atoms with Gasteiger partial charge in [-0.15, -0.1) is 23.1 Å². The van der Waals surface area contributed by atoms with Crippen LogP contribution in [-0.2, 0) is 14.3 Å². The van der Waals surface area contributed by atoms with E-state index in [1.807, 2.05) is 0 Å². The highest BCUT2D eigenvalue weighted by Gasteiger charge is 2.42. The van der Waals surface area contributed by atoms with E-state index in [1.165, 1.54) is 19.2 Å². The Morgan fingerprint density at radius 1 is 1.23 bits per heavy atom. The number of carbonyl (C=O) groups excluding carboxylic acids is 3. The summed E-state index contributed by atoms with van der Waals surface area (Å²) in [5.41, 5.74) is 0.221. The van der Waals surface area contributed by atoms with Crippen molar-refractivity contribution in [3.8, 4) is 0 Å². The standard InChI is InChI=1S/C17H13NO6S2/c1-24-17(23)10-6-7-25-15(10)18-13(19)8-12(14(18)20)26-11-5-3-2-4-9(11)16(21)22/h2-7,12H,8H2,1H3,(H,21,22)/t12-/m0/s1. The Morgan fingerprint density at radius 3 is 2.65 bits per heavy atom. The average molecular weight is 391 g/mol. The van der Waals surface area contributed by atoms with Crippen LogP contribution in [0.25, 0.3) is 0 Å². The van der Waals surface area contributed by atoms with Crippen LogP contribution in [0.3, 0.4) is 0 Å². The van der Waals surface area contributed by atoms with Gasteiger partial charge < -0.3 is 9.84 Å². The fourth-order valence-electron chi connectivity index (χ4n) is 2.55. The van der Waals surface area contributed by atoms with Crippen LogP contribution in [0, 0.1) is 0 Å². The van der Waals surface area contributed by atoms with Gasteiger partial charge in [-0.2, -0.15) is 0 Å². The Morgan fingerprint density at radius 2 is 1.96 bits per heavy atom. The number of ether oxygens (including phenoxy) is 1. The zero-order valence-electron chi connectivity index (χ0n) is 13.5. The number of rotatable bonds is 5. The average Bonchev–Trinajstić information content (AvgIpc) is 3.19. The molecular formula is C17H13NO6S2. The van der Waals surface area contributed by atoms with Crippen molar-refractivity contribution in [2.45, 2.75) is 16.6 Å². The van der Waals surface area contributed by atoms with Crippen molar-refractivity contribution in [3.05, 3.63) is 46.8 Å². The molecule has 1 aliphatic heterocycles. The fraction of sp³-hybridized carbons (Fsp3) is 0.176. The minimum absolute atomic E-state index is 0.0718. The molecule has 0 aliphatic carbocycles. The number of carboxylic acids is 1. The Balaban J connectivity index is 1.88. The first-order chi connectivity index (χ1) is 12.4. The molecule has 0 saturated carbocycles. The second-order valence-electron chi connectivity index (χ2n) is 5.31. The zero-order valence-corrected chi connectivity index (χ0v) is 15.1. The van der Waals surface area contributed by atoms with Gasteiger partial charge in [-0.05, 0) is 23.6 Å². The fourth-order valence-corrected chi connectivity index (χ4v) is 4.64. The number of carboxylic acid groups (broad SMARTS) is 1. The van der Waals surface area contributed by atoms with Gasteiger partial charge in [0.15, 0.2) is 0 Å². The number of hydrogen-bond donors (Lipinski definition) is 1. The van der Waals surface area contributed by atoms with Crippen molar-refractivity contribution in [1.82, 2.24) is 0 Å². The number of thiophene rings is 1. The molecule has 0 spiro atoms. The van der Waals surface area contributed by atoms with Crippen molar-refractivity contribution in [2.75, 3.05) is 12.0 Å². The third-order valence-electron chi connectivity index (χ3n) is 3.75. The summed E-state index contributed by atoms with van der Waals surface area (Å²) in [6.07, 6.45) is -0.0734. The number of methoxy groups -OCH3 is 1. The van der Waals surface area contributed by atoms with Gasteiger partial charge in [0.25, 0.3) is 0 Å². The SMILES string of the molecule is COC(=O)c1ccsc1N1C(=O)C[C@H](Sc2ccccc2C(=O)O)C1=O. The molecule has 26 heavy (non-hydrogen) atoms. The summed E-state index contributed by atoms with van der Waals surface area (Å²) in [5.74, 6) is -2.65. The normalized spacial score (nSPS) is 16.8. The maximum absolute atomic E-state index is 12.8. The number of imide groups is 1. The first-order valence-electron chi connectivity index (χ1n) is 7.45. The third-order valence-corrected chi connectivity index (χ3v) is 5.91. The zero-order chi connectivity index (χ0) is 18.8. The monoisotopic (exact) mass is 391 g/mol. The maximum Gasteiger partial charge on any atom is 0.340 e. The summed E-state index contributed by atoms with van der Waals surface area (Å²) >= 11 is 2.13. The van der Waals surface area contributed by atoms with E-state index in [-0.39, 0.29) is 22.5 Å². The molecule has 2 amide bonds. The van der Waals surface area contributed by atoms with E-state index in [1.54, 1.807) is 23.6 Å². The third kappa shape index (κ3) is 3.23. The van der Waals surface area contributed by atoms with Gasteiger partial charge in [-0.25, -0.2) is 14.5 Å². The molecule has 1 atom stereocenters. The number of benzene rings is 1. The maximum atomic E-state index is 12.8. The number of esters is 1. The van der Waals surface area contributed by atoms with E-state index in [2.05, 4.69) is 4.74 Å². The second kappa shape index (κ2) is 7.30. The highest BCUT2D eigenvalue weighted by atomic mass is 32.2. The Bertz CT molecular complexity index is 906. The van der Waals surface area contributed by atoms with Crippen molar-refractivity contribution < 1.29 is 29.0 Å². The van der Waals surface area contributed by atoms with Gasteiger partial charge in [0.2, 0.25) is 11.8 Å². The van der Waals surface area contributed by atoms with Crippen molar-refractivity contribution in [3.63, 3.8) is 0 Å². The Kier molecular flexibility index (Phi) is 5.10. The van der Waals surface area contributed by atoms with Crippen molar-refractivity contribution >= 4 is 51.9 Å². The Labute approximate surface area is 156 Å². The molecule has 1 aliphatic rings. The molecule has 0 unspecified atom stereocenters. The predicted octanol–water partition coefficient (Wildman–Crippen LogP) is 2.66. The van der Waals surface area contributed by atoms with Crippen LogP contribution in [0.5, 0.6) is 0 Å². The van der Waals surface area contributed by atoms with Crippen LogP contribution >= 0.6 is 23.1 Å². The van der Waals surface area contributed by atoms with Crippen molar-refractivity contribution in [1.29, 1.82) is 0 Å². The molecule has 2 heterocycles. The number of hydrogen-bond acceptors (Lipinski definition) is 7. The molecule has 1 fully saturated rings. The van der Waals surface area contributed by atoms with Gasteiger partial charge >= 0.3 is 11.9 Å². The van der Waals surface area contributed by atoms with Gasteiger partial charge in [0.05, 0.1) is 23.5 Å². The number of carbonyl (C=O) groups is 4. The van der Waals surface area contributed by atoms with E-state index in [4.69, 9.17) is 0 Å². The molecule has 9 heteroatoms. The highest BCUT2D eigenvalue weighted by Crippen LogP contribution is 2.38. The minimum Gasteiger partial charge on any atom is -0.478 e. The molecule has 134 valence electrons. The Hall–Kier alpha value is -2.65. The van der Waals surface area contributed by atoms with Gasteiger partial charge in [-0.3, -0.25) is 9.59 Å². The molecule has 1 aromatic carbocycles. The lowest BCUT2D eigenvalue weighted by atomic mass is 10.2. The van der Waals surface area contributed by atoms with E-state index >= 15 is 0 Å². The van der Waals surface area contributed by atoms with Gasteiger partial charge in [-0.1, -0.05) is 12.1 Å². The molecule has 1 aromatic heterocycles. The summed E-state index contributed by atoms with van der Waals surface area (Å²) in [5, 5.41) is 10.3. The molecule has 1 saturated heterocycles. The topological polar surface area (TPSA) is 101 Å². The first kappa shape index (κ1) is 18.2. The molecule has 2 aromatic rings. The summed E-state index contributed by atoms with van der Waals surface area (Å²) in [7, 11) is 1.22. The molecule has 0 bridgehead atoms. The summed E-state index contributed by atoms with van der Waals surface area (Å²) < 4.78 is 4.68. The van der Waals surface area contributed by atoms with Gasteiger partial charge in [0, 0.05) is 11.3 Å².